The van der Waals surface area contributed by atoms with E-state index >= 15 is 0 Å². The highest BCUT2D eigenvalue weighted by atomic mass is 16.6. The summed E-state index contributed by atoms with van der Waals surface area (Å²) in [5.74, 6) is 0.195. The molecule has 0 radical (unpaired) electrons. The maximum absolute atomic E-state index is 11.8. The zero-order valence-corrected chi connectivity index (χ0v) is 11.9. The van der Waals surface area contributed by atoms with Crippen molar-refractivity contribution in [3.8, 4) is 0 Å². The summed E-state index contributed by atoms with van der Waals surface area (Å²) in [5, 5.41) is 19.0. The molecule has 4 rings (SSSR count). The summed E-state index contributed by atoms with van der Waals surface area (Å²) in [7, 11) is 0. The number of piperazine rings is 1. The van der Waals surface area contributed by atoms with Crippen molar-refractivity contribution in [3.63, 3.8) is 0 Å². The number of aromatic nitrogens is 2. The molecular weight excluding hydrogens is 286 g/mol. The van der Waals surface area contributed by atoms with Crippen LogP contribution in [0, 0.1) is 10.1 Å². The van der Waals surface area contributed by atoms with E-state index < -0.39 is 0 Å². The van der Waals surface area contributed by atoms with E-state index in [1.165, 1.54) is 6.07 Å². The molecule has 1 N–H and O–H groups in total. The lowest BCUT2D eigenvalue weighted by molar-refractivity contribution is -0.384. The van der Waals surface area contributed by atoms with Gasteiger partial charge in [-0.05, 0) is 12.5 Å². The lowest BCUT2D eigenvalue weighted by atomic mass is 10.1. The minimum Gasteiger partial charge on any atom is -0.362 e. The van der Waals surface area contributed by atoms with E-state index in [-0.39, 0.29) is 22.6 Å². The van der Waals surface area contributed by atoms with Crippen molar-refractivity contribution < 1.29 is 9.72 Å². The molecule has 1 aromatic carbocycles. The summed E-state index contributed by atoms with van der Waals surface area (Å²) < 4.78 is 0. The Hall–Kier alpha value is -2.64. The third-order valence-corrected chi connectivity index (χ3v) is 4.58. The van der Waals surface area contributed by atoms with Gasteiger partial charge in [0.2, 0.25) is 5.91 Å². The van der Waals surface area contributed by atoms with Crippen LogP contribution in [0.1, 0.15) is 12.8 Å². The lowest BCUT2D eigenvalue weighted by Gasteiger charge is -2.38. The fourth-order valence-corrected chi connectivity index (χ4v) is 3.54. The molecule has 1 unspecified atom stereocenters. The number of carbonyl (C=O) groups excluding carboxylic acids is 1. The first kappa shape index (κ1) is 13.1. The number of nitro groups is 1. The van der Waals surface area contributed by atoms with E-state index in [1.807, 2.05) is 9.80 Å². The average molecular weight is 301 g/mol. The van der Waals surface area contributed by atoms with Gasteiger partial charge >= 0.3 is 0 Å². The second kappa shape index (κ2) is 4.69. The Balaban J connectivity index is 1.77. The molecule has 1 aromatic heterocycles. The second-order valence-electron chi connectivity index (χ2n) is 5.75. The highest BCUT2D eigenvalue weighted by molar-refractivity contribution is 5.96. The van der Waals surface area contributed by atoms with Gasteiger partial charge in [0.1, 0.15) is 5.69 Å². The molecule has 3 heterocycles. The Morgan fingerprint density at radius 2 is 2.23 bits per heavy atom. The van der Waals surface area contributed by atoms with Gasteiger partial charge in [-0.3, -0.25) is 20.0 Å². The predicted molar refractivity (Wildman–Crippen MR) is 79.7 cm³/mol. The highest BCUT2D eigenvalue weighted by Crippen LogP contribution is 2.37. The number of aromatic amines is 1. The van der Waals surface area contributed by atoms with Gasteiger partial charge in [-0.15, -0.1) is 0 Å². The zero-order chi connectivity index (χ0) is 15.3. The number of nitro benzene ring substituents is 1. The van der Waals surface area contributed by atoms with Gasteiger partial charge in [-0.25, -0.2) is 0 Å². The van der Waals surface area contributed by atoms with Crippen LogP contribution < -0.4 is 4.90 Å². The number of fused-ring (bicyclic) bond motifs is 2. The number of hydrogen-bond acceptors (Lipinski definition) is 5. The van der Waals surface area contributed by atoms with Crippen LogP contribution in [0.4, 0.5) is 11.4 Å². The number of rotatable bonds is 2. The number of anilines is 1. The van der Waals surface area contributed by atoms with Gasteiger partial charge in [0, 0.05) is 38.2 Å². The smallest absolute Gasteiger partial charge is 0.293 e. The van der Waals surface area contributed by atoms with Gasteiger partial charge in [0.25, 0.3) is 5.69 Å². The molecule has 0 saturated carbocycles. The average Bonchev–Trinajstić information content (AvgIpc) is 3.12. The SMILES string of the molecule is O=C1CCC2CN(c3c([N+](=O)[O-])ccc4[nH]ncc34)CCN12. The van der Waals surface area contributed by atoms with E-state index in [0.29, 0.717) is 31.7 Å². The molecule has 2 aliphatic rings. The van der Waals surface area contributed by atoms with Crippen LogP contribution in [0.25, 0.3) is 10.9 Å². The number of H-pyrrole nitrogens is 1. The molecule has 0 bridgehead atoms. The molecule has 8 nitrogen and oxygen atoms in total. The topological polar surface area (TPSA) is 95.4 Å². The first-order valence-electron chi connectivity index (χ1n) is 7.30. The monoisotopic (exact) mass is 301 g/mol. The molecule has 8 heteroatoms. The van der Waals surface area contributed by atoms with Crippen LogP contribution in [-0.4, -0.2) is 51.6 Å². The Bertz CT molecular complexity index is 771. The van der Waals surface area contributed by atoms with Crippen LogP contribution in [0.5, 0.6) is 0 Å². The molecular formula is C14H15N5O3. The quantitative estimate of drug-likeness (QED) is 0.666. The largest absolute Gasteiger partial charge is 0.362 e. The number of carbonyl (C=O) groups is 1. The fourth-order valence-electron chi connectivity index (χ4n) is 3.54. The molecule has 2 aromatic rings. The molecule has 2 saturated heterocycles. The van der Waals surface area contributed by atoms with Crippen LogP contribution in [0.15, 0.2) is 18.3 Å². The van der Waals surface area contributed by atoms with Gasteiger partial charge in [-0.2, -0.15) is 5.10 Å². The third kappa shape index (κ3) is 1.83. The van der Waals surface area contributed by atoms with E-state index in [4.69, 9.17) is 0 Å². The van der Waals surface area contributed by atoms with Crippen molar-refractivity contribution in [2.75, 3.05) is 24.5 Å². The summed E-state index contributed by atoms with van der Waals surface area (Å²) in [5.41, 5.74) is 1.48. The predicted octanol–water partition coefficient (Wildman–Crippen LogP) is 1.28. The normalized spacial score (nSPS) is 21.5. The number of nitrogens with zero attached hydrogens (tertiary/aromatic N) is 4. The molecule has 2 fully saturated rings. The van der Waals surface area contributed by atoms with Crippen LogP contribution in [0.3, 0.4) is 0 Å². The van der Waals surface area contributed by atoms with E-state index in [9.17, 15) is 14.9 Å². The third-order valence-electron chi connectivity index (χ3n) is 4.58. The van der Waals surface area contributed by atoms with E-state index in [1.54, 1.807) is 12.3 Å². The summed E-state index contributed by atoms with van der Waals surface area (Å²) in [6.07, 6.45) is 3.03. The summed E-state index contributed by atoms with van der Waals surface area (Å²) in [6, 6.07) is 3.35. The van der Waals surface area contributed by atoms with Crippen molar-refractivity contribution in [2.24, 2.45) is 0 Å². The standard InChI is InChI=1S/C14H15N5O3/c20-13-4-1-9-8-17(5-6-18(9)13)14-10-7-15-16-11(10)2-3-12(14)19(21)22/h2-3,7,9H,1,4-6,8H2,(H,15,16). The van der Waals surface area contributed by atoms with Crippen molar-refractivity contribution in [2.45, 2.75) is 18.9 Å². The van der Waals surface area contributed by atoms with Crippen LogP contribution in [0.2, 0.25) is 0 Å². The Kier molecular flexibility index (Phi) is 2.78. The minimum atomic E-state index is -0.353. The second-order valence-corrected chi connectivity index (χ2v) is 5.75. The Labute approximate surface area is 125 Å². The van der Waals surface area contributed by atoms with Gasteiger partial charge in [0.05, 0.1) is 22.0 Å². The first-order valence-corrected chi connectivity index (χ1v) is 7.30. The first-order chi connectivity index (χ1) is 10.6. The lowest BCUT2D eigenvalue weighted by Crippen LogP contribution is -2.51. The summed E-state index contributed by atoms with van der Waals surface area (Å²) in [4.78, 5) is 26.7. The number of amides is 1. The van der Waals surface area contributed by atoms with Crippen molar-refractivity contribution in [1.82, 2.24) is 15.1 Å². The molecule has 0 spiro atoms. The molecule has 22 heavy (non-hydrogen) atoms. The van der Waals surface area contributed by atoms with Crippen LogP contribution >= 0.6 is 0 Å². The summed E-state index contributed by atoms with van der Waals surface area (Å²) >= 11 is 0. The zero-order valence-electron chi connectivity index (χ0n) is 11.9. The number of hydrogen-bond donors (Lipinski definition) is 1. The minimum absolute atomic E-state index is 0.0895. The van der Waals surface area contributed by atoms with E-state index in [0.717, 1.165) is 17.3 Å². The van der Waals surface area contributed by atoms with Crippen LogP contribution in [-0.2, 0) is 4.79 Å². The maximum Gasteiger partial charge on any atom is 0.293 e. The Morgan fingerprint density at radius 3 is 3.05 bits per heavy atom. The Morgan fingerprint density at radius 1 is 1.36 bits per heavy atom. The molecule has 1 atom stereocenters. The van der Waals surface area contributed by atoms with Gasteiger partial charge in [-0.1, -0.05) is 0 Å². The molecule has 114 valence electrons. The van der Waals surface area contributed by atoms with Crippen molar-refractivity contribution in [3.05, 3.63) is 28.4 Å². The van der Waals surface area contributed by atoms with Crippen molar-refractivity contribution in [1.29, 1.82) is 0 Å². The van der Waals surface area contributed by atoms with Gasteiger partial charge < -0.3 is 9.80 Å². The van der Waals surface area contributed by atoms with E-state index in [2.05, 4.69) is 10.2 Å². The van der Waals surface area contributed by atoms with Gasteiger partial charge in [0.15, 0.2) is 0 Å². The highest BCUT2D eigenvalue weighted by Gasteiger charge is 2.37. The summed E-state index contributed by atoms with van der Waals surface area (Å²) in [6.45, 7) is 1.86. The number of nitrogens with one attached hydrogen (secondary N) is 1. The molecule has 2 aliphatic heterocycles. The number of benzene rings is 1. The van der Waals surface area contributed by atoms with Crippen molar-refractivity contribution >= 4 is 28.2 Å². The maximum atomic E-state index is 11.8. The molecule has 0 aliphatic carbocycles. The fraction of sp³-hybridized carbons (Fsp3) is 0.429. The molecule has 1 amide bonds.